The van der Waals surface area contributed by atoms with Crippen molar-refractivity contribution in [3.8, 4) is 5.75 Å². The fourth-order valence-corrected chi connectivity index (χ4v) is 5.05. The summed E-state index contributed by atoms with van der Waals surface area (Å²) in [6.07, 6.45) is 0.709. The minimum atomic E-state index is -1.14. The molecule has 2 aliphatic rings. The van der Waals surface area contributed by atoms with Crippen LogP contribution in [0.5, 0.6) is 5.75 Å². The Labute approximate surface area is 235 Å². The van der Waals surface area contributed by atoms with Gasteiger partial charge in [0.1, 0.15) is 12.3 Å². The fraction of sp³-hybridized carbons (Fsp3) is 0.344. The summed E-state index contributed by atoms with van der Waals surface area (Å²) in [5.74, 6) is -0.170. The second kappa shape index (κ2) is 11.9. The summed E-state index contributed by atoms with van der Waals surface area (Å²) >= 11 is 0. The summed E-state index contributed by atoms with van der Waals surface area (Å²) < 4.78 is 11.4. The van der Waals surface area contributed by atoms with Crippen LogP contribution in [0.3, 0.4) is 0 Å². The molecule has 0 bridgehead atoms. The molecule has 40 heavy (non-hydrogen) atoms. The Hall–Kier alpha value is -4.17. The summed E-state index contributed by atoms with van der Waals surface area (Å²) in [6, 6.07) is 25.1. The molecule has 1 fully saturated rings. The Bertz CT molecular complexity index is 1350. The van der Waals surface area contributed by atoms with E-state index in [0.717, 1.165) is 11.1 Å². The molecule has 208 valence electrons. The zero-order valence-electron chi connectivity index (χ0n) is 23.0. The van der Waals surface area contributed by atoms with Gasteiger partial charge >= 0.3 is 0 Å². The Morgan fingerprint density at radius 1 is 0.900 bits per heavy atom. The van der Waals surface area contributed by atoms with Crippen LogP contribution < -0.4 is 9.64 Å². The normalized spacial score (nSPS) is 16.2. The van der Waals surface area contributed by atoms with Gasteiger partial charge < -0.3 is 19.3 Å². The molecule has 3 aromatic rings. The fourth-order valence-electron chi connectivity index (χ4n) is 5.05. The van der Waals surface area contributed by atoms with Crippen molar-refractivity contribution in [2.45, 2.75) is 32.4 Å². The maximum atomic E-state index is 13.9. The molecular weight excluding hydrogens is 506 g/mol. The minimum Gasteiger partial charge on any atom is -0.476 e. The molecule has 0 atom stereocenters. The van der Waals surface area contributed by atoms with Gasteiger partial charge in [0.15, 0.2) is 5.60 Å². The number of carbonyl (C=O) groups is 3. The average molecular weight is 542 g/mol. The topological polar surface area (TPSA) is 79.4 Å². The number of hydrogen-bond donors (Lipinski definition) is 0. The van der Waals surface area contributed by atoms with Crippen molar-refractivity contribution >= 4 is 23.4 Å². The van der Waals surface area contributed by atoms with Crippen LogP contribution in [0.25, 0.3) is 0 Å². The van der Waals surface area contributed by atoms with E-state index in [1.54, 1.807) is 36.9 Å². The van der Waals surface area contributed by atoms with Gasteiger partial charge in [-0.1, -0.05) is 60.7 Å². The molecule has 0 N–H and O–H groups in total. The lowest BCUT2D eigenvalue weighted by Gasteiger charge is -2.39. The molecule has 3 aromatic carbocycles. The van der Waals surface area contributed by atoms with Crippen LogP contribution in [0.2, 0.25) is 0 Å². The number of benzene rings is 3. The van der Waals surface area contributed by atoms with E-state index in [4.69, 9.17) is 9.47 Å². The van der Waals surface area contributed by atoms with E-state index < -0.39 is 5.60 Å². The molecule has 2 heterocycles. The highest BCUT2D eigenvalue weighted by molar-refractivity contribution is 6.07. The number of ether oxygens (including phenoxy) is 2. The van der Waals surface area contributed by atoms with Crippen LogP contribution in [0.4, 0.5) is 5.69 Å². The van der Waals surface area contributed by atoms with Crippen molar-refractivity contribution < 1.29 is 23.9 Å². The number of fused-ring (bicyclic) bond motifs is 1. The molecule has 3 amide bonds. The Morgan fingerprint density at radius 3 is 2.23 bits per heavy atom. The molecule has 0 radical (unpaired) electrons. The van der Waals surface area contributed by atoms with E-state index in [0.29, 0.717) is 62.8 Å². The van der Waals surface area contributed by atoms with Gasteiger partial charge in [-0.15, -0.1) is 0 Å². The maximum absolute atomic E-state index is 13.9. The highest BCUT2D eigenvalue weighted by Gasteiger charge is 2.42. The van der Waals surface area contributed by atoms with Crippen molar-refractivity contribution in [3.63, 3.8) is 0 Å². The van der Waals surface area contributed by atoms with E-state index >= 15 is 0 Å². The second-order valence-corrected chi connectivity index (χ2v) is 10.6. The standard InChI is InChI=1S/C32H35N3O5/c1-32(2)31(38)35(23-29(36)33-17-19-39-20-18-33)27-21-26(13-14-28(27)40-32)30(37)34(22-25-11-7-4-8-12-25)16-15-24-9-5-3-6-10-24/h3-14,21H,15-20,22-23H2,1-2H3. The third kappa shape index (κ3) is 6.18. The Kier molecular flexibility index (Phi) is 8.16. The smallest absolute Gasteiger partial charge is 0.271 e. The first kappa shape index (κ1) is 27.4. The van der Waals surface area contributed by atoms with Crippen LogP contribution in [0.15, 0.2) is 78.9 Å². The van der Waals surface area contributed by atoms with Gasteiger partial charge in [-0.05, 0) is 49.6 Å². The second-order valence-electron chi connectivity index (χ2n) is 10.6. The van der Waals surface area contributed by atoms with Crippen molar-refractivity contribution in [3.05, 3.63) is 95.6 Å². The van der Waals surface area contributed by atoms with Gasteiger partial charge in [-0.2, -0.15) is 0 Å². The van der Waals surface area contributed by atoms with Gasteiger partial charge in [0.2, 0.25) is 5.91 Å². The number of carbonyl (C=O) groups excluding carboxylic acids is 3. The Balaban J connectivity index is 1.43. The summed E-state index contributed by atoms with van der Waals surface area (Å²) in [7, 11) is 0. The SMILES string of the molecule is CC1(C)Oc2ccc(C(=O)N(CCc3ccccc3)Cc3ccccc3)cc2N(CC(=O)N2CCOCC2)C1=O. The van der Waals surface area contributed by atoms with Crippen LogP contribution in [-0.2, 0) is 27.3 Å². The molecule has 0 aliphatic carbocycles. The predicted octanol–water partition coefficient (Wildman–Crippen LogP) is 3.93. The third-order valence-corrected chi connectivity index (χ3v) is 7.30. The van der Waals surface area contributed by atoms with Gasteiger partial charge in [0, 0.05) is 31.7 Å². The summed E-state index contributed by atoms with van der Waals surface area (Å²) in [4.78, 5) is 45.5. The van der Waals surface area contributed by atoms with E-state index in [9.17, 15) is 14.4 Å². The molecule has 0 spiro atoms. The van der Waals surface area contributed by atoms with Crippen molar-refractivity contribution in [1.82, 2.24) is 9.80 Å². The quantitative estimate of drug-likeness (QED) is 0.432. The molecule has 0 saturated carbocycles. The summed E-state index contributed by atoms with van der Waals surface area (Å²) in [6.45, 7) is 6.15. The van der Waals surface area contributed by atoms with E-state index in [-0.39, 0.29) is 24.3 Å². The number of nitrogens with zero attached hydrogens (tertiary/aromatic N) is 3. The van der Waals surface area contributed by atoms with Crippen LogP contribution in [-0.4, -0.2) is 72.5 Å². The lowest BCUT2D eigenvalue weighted by atomic mass is 10.0. The molecule has 1 saturated heterocycles. The van der Waals surface area contributed by atoms with Gasteiger partial charge in [-0.3, -0.25) is 19.3 Å². The first-order valence-electron chi connectivity index (χ1n) is 13.7. The number of anilines is 1. The predicted molar refractivity (Wildman–Crippen MR) is 152 cm³/mol. The largest absolute Gasteiger partial charge is 0.476 e. The first-order chi connectivity index (χ1) is 19.3. The highest BCUT2D eigenvalue weighted by Crippen LogP contribution is 2.38. The molecule has 8 heteroatoms. The van der Waals surface area contributed by atoms with Gasteiger partial charge in [-0.25, -0.2) is 0 Å². The zero-order valence-corrected chi connectivity index (χ0v) is 23.0. The number of morpholine rings is 1. The number of rotatable bonds is 8. The van der Waals surface area contributed by atoms with Crippen LogP contribution in [0, 0.1) is 0 Å². The molecular formula is C32H35N3O5. The molecule has 2 aliphatic heterocycles. The Morgan fingerprint density at radius 2 is 1.55 bits per heavy atom. The third-order valence-electron chi connectivity index (χ3n) is 7.30. The van der Waals surface area contributed by atoms with Crippen molar-refractivity contribution in [2.75, 3.05) is 44.3 Å². The summed E-state index contributed by atoms with van der Waals surface area (Å²) in [5.41, 5.74) is 1.90. The monoisotopic (exact) mass is 541 g/mol. The van der Waals surface area contributed by atoms with Crippen LogP contribution >= 0.6 is 0 Å². The van der Waals surface area contributed by atoms with Gasteiger partial charge in [0.05, 0.1) is 18.9 Å². The van der Waals surface area contributed by atoms with Crippen molar-refractivity contribution in [2.24, 2.45) is 0 Å². The maximum Gasteiger partial charge on any atom is 0.271 e. The summed E-state index contributed by atoms with van der Waals surface area (Å²) in [5, 5.41) is 0. The number of amides is 3. The van der Waals surface area contributed by atoms with Crippen LogP contribution in [0.1, 0.15) is 35.3 Å². The van der Waals surface area contributed by atoms with E-state index in [1.165, 1.54) is 4.90 Å². The van der Waals surface area contributed by atoms with E-state index in [2.05, 4.69) is 12.1 Å². The van der Waals surface area contributed by atoms with Crippen molar-refractivity contribution in [1.29, 1.82) is 0 Å². The molecule has 8 nitrogen and oxygen atoms in total. The first-order valence-corrected chi connectivity index (χ1v) is 13.7. The zero-order chi connectivity index (χ0) is 28.1. The average Bonchev–Trinajstić information content (AvgIpc) is 2.98. The van der Waals surface area contributed by atoms with Gasteiger partial charge in [0.25, 0.3) is 11.8 Å². The lowest BCUT2D eigenvalue weighted by molar-refractivity contribution is -0.138. The molecule has 0 unspecified atom stereocenters. The minimum absolute atomic E-state index is 0.127. The molecule has 5 rings (SSSR count). The van der Waals surface area contributed by atoms with E-state index in [1.807, 2.05) is 53.4 Å². The lowest BCUT2D eigenvalue weighted by Crippen LogP contribution is -2.56. The number of hydrogen-bond acceptors (Lipinski definition) is 5. The highest BCUT2D eigenvalue weighted by atomic mass is 16.5. The molecule has 0 aromatic heterocycles.